The molecule has 12 nitrogen and oxygen atoms in total. The molecule has 0 bridgehead atoms. The Hall–Kier alpha value is -3.48. The molecule has 2 aromatic heterocycles. The second-order valence-electron chi connectivity index (χ2n) is 10.1. The molecule has 3 aliphatic rings. The molecule has 0 spiro atoms. The highest BCUT2D eigenvalue weighted by Gasteiger charge is 2.21. The van der Waals surface area contributed by atoms with Crippen LogP contribution in [0.1, 0.15) is 12.8 Å². The molecule has 0 saturated carbocycles. The molecule has 0 radical (unpaired) electrons. The maximum absolute atomic E-state index is 12.1. The van der Waals surface area contributed by atoms with Crippen molar-refractivity contribution in [3.8, 4) is 0 Å². The van der Waals surface area contributed by atoms with Crippen LogP contribution in [-0.4, -0.2) is 114 Å². The van der Waals surface area contributed by atoms with Gasteiger partial charge >= 0.3 is 0 Å². The molecule has 6 rings (SSSR count). The van der Waals surface area contributed by atoms with Gasteiger partial charge in [-0.3, -0.25) is 9.69 Å². The average Bonchev–Trinajstić information content (AvgIpc) is 3.59. The zero-order valence-corrected chi connectivity index (χ0v) is 22.3. The van der Waals surface area contributed by atoms with Gasteiger partial charge in [-0.15, -0.1) is 0 Å². The van der Waals surface area contributed by atoms with E-state index in [1.54, 1.807) is 6.33 Å². The first-order valence-corrected chi connectivity index (χ1v) is 14.0. The monoisotopic (exact) mass is 535 g/mol. The molecule has 0 aliphatic carbocycles. The number of carbonyl (C=O) groups is 1. The molecule has 0 atom stereocenters. The van der Waals surface area contributed by atoms with Crippen LogP contribution in [0.5, 0.6) is 0 Å². The molecule has 3 aromatic rings. The number of hydrogen-bond acceptors (Lipinski definition) is 10. The summed E-state index contributed by atoms with van der Waals surface area (Å²) >= 11 is 0. The van der Waals surface area contributed by atoms with Crippen LogP contribution in [0.25, 0.3) is 11.2 Å². The van der Waals surface area contributed by atoms with Crippen molar-refractivity contribution in [2.24, 2.45) is 0 Å². The smallest absolute Gasteiger partial charge is 0.226 e. The second kappa shape index (κ2) is 12.1. The minimum absolute atomic E-state index is 0.224. The third-order valence-electron chi connectivity index (χ3n) is 7.57. The van der Waals surface area contributed by atoms with Gasteiger partial charge in [-0.1, -0.05) is 0 Å². The Kier molecular flexibility index (Phi) is 8.03. The number of morpholine rings is 2. The minimum Gasteiger partial charge on any atom is -0.379 e. The van der Waals surface area contributed by atoms with Crippen LogP contribution in [0.4, 0.5) is 23.1 Å². The molecule has 3 saturated heterocycles. The molecular weight excluding hydrogens is 498 g/mol. The van der Waals surface area contributed by atoms with Gasteiger partial charge in [0, 0.05) is 76.7 Å². The zero-order chi connectivity index (χ0) is 26.4. The quantitative estimate of drug-likeness (QED) is 0.398. The van der Waals surface area contributed by atoms with Gasteiger partial charge in [0.25, 0.3) is 0 Å². The van der Waals surface area contributed by atoms with Crippen LogP contribution < -0.4 is 15.5 Å². The normalized spacial score (nSPS) is 18.7. The van der Waals surface area contributed by atoms with E-state index >= 15 is 0 Å². The van der Waals surface area contributed by atoms with Gasteiger partial charge in [0.1, 0.15) is 0 Å². The molecule has 5 heterocycles. The van der Waals surface area contributed by atoms with E-state index in [2.05, 4.69) is 49.7 Å². The van der Waals surface area contributed by atoms with Crippen molar-refractivity contribution in [1.82, 2.24) is 29.3 Å². The lowest BCUT2D eigenvalue weighted by Crippen LogP contribution is -2.39. The number of hydrogen-bond donors (Lipinski definition) is 2. The number of fused-ring (bicyclic) bond motifs is 1. The van der Waals surface area contributed by atoms with Crippen molar-refractivity contribution < 1.29 is 14.3 Å². The average molecular weight is 536 g/mol. The predicted octanol–water partition coefficient (Wildman–Crippen LogP) is 1.77. The second-order valence-corrected chi connectivity index (χ2v) is 10.1. The Morgan fingerprint density at radius 2 is 1.64 bits per heavy atom. The maximum atomic E-state index is 12.1. The van der Waals surface area contributed by atoms with Gasteiger partial charge in [-0.05, 0) is 30.7 Å². The first-order valence-electron chi connectivity index (χ1n) is 14.0. The van der Waals surface area contributed by atoms with Gasteiger partial charge < -0.3 is 34.5 Å². The number of aromatic nitrogens is 4. The number of rotatable bonds is 10. The van der Waals surface area contributed by atoms with Crippen LogP contribution in [0.2, 0.25) is 0 Å². The van der Waals surface area contributed by atoms with E-state index in [1.165, 1.54) is 5.69 Å². The summed E-state index contributed by atoms with van der Waals surface area (Å²) < 4.78 is 13.0. The lowest BCUT2D eigenvalue weighted by molar-refractivity contribution is -0.127. The fourth-order valence-electron chi connectivity index (χ4n) is 5.31. The summed E-state index contributed by atoms with van der Waals surface area (Å²) in [5, 5.41) is 6.89. The molecule has 12 heteroatoms. The third-order valence-corrected chi connectivity index (χ3v) is 7.57. The Labute approximate surface area is 228 Å². The summed E-state index contributed by atoms with van der Waals surface area (Å²) in [6.07, 6.45) is 3.37. The highest BCUT2D eigenvalue weighted by molar-refractivity contribution is 5.86. The lowest BCUT2D eigenvalue weighted by Gasteiger charge is -2.28. The Bertz CT molecular complexity index is 1250. The van der Waals surface area contributed by atoms with Crippen molar-refractivity contribution in [3.05, 3.63) is 30.6 Å². The van der Waals surface area contributed by atoms with E-state index in [0.29, 0.717) is 36.8 Å². The van der Waals surface area contributed by atoms with E-state index in [1.807, 2.05) is 9.47 Å². The molecule has 3 fully saturated rings. The highest BCUT2D eigenvalue weighted by Crippen LogP contribution is 2.26. The van der Waals surface area contributed by atoms with Crippen molar-refractivity contribution >= 4 is 40.2 Å². The van der Waals surface area contributed by atoms with E-state index in [0.717, 1.165) is 90.0 Å². The van der Waals surface area contributed by atoms with Crippen molar-refractivity contribution in [2.75, 3.05) is 94.3 Å². The molecule has 208 valence electrons. The molecule has 39 heavy (non-hydrogen) atoms. The zero-order valence-electron chi connectivity index (χ0n) is 22.3. The van der Waals surface area contributed by atoms with Gasteiger partial charge in [-0.25, -0.2) is 4.98 Å². The van der Waals surface area contributed by atoms with E-state index in [-0.39, 0.29) is 5.91 Å². The SMILES string of the molecule is O=C1CCCN1CCn1cnc2c(Nc3ccc(N4CCOCC4)cc3)nc(NCCN3CCOCC3)nc21. The fraction of sp³-hybridized carbons (Fsp3) is 0.556. The number of imidazole rings is 1. The Morgan fingerprint density at radius 1 is 0.872 bits per heavy atom. The van der Waals surface area contributed by atoms with Gasteiger partial charge in [-0.2, -0.15) is 9.97 Å². The number of benzene rings is 1. The van der Waals surface area contributed by atoms with E-state index in [4.69, 9.17) is 19.4 Å². The van der Waals surface area contributed by atoms with Crippen LogP contribution in [0, 0.1) is 0 Å². The topological polar surface area (TPSA) is 113 Å². The summed E-state index contributed by atoms with van der Waals surface area (Å²) in [5.74, 6) is 1.44. The summed E-state index contributed by atoms with van der Waals surface area (Å²) in [7, 11) is 0. The van der Waals surface area contributed by atoms with E-state index in [9.17, 15) is 4.79 Å². The minimum atomic E-state index is 0.224. The van der Waals surface area contributed by atoms with Crippen LogP contribution >= 0.6 is 0 Å². The first-order chi connectivity index (χ1) is 19.2. The largest absolute Gasteiger partial charge is 0.379 e. The van der Waals surface area contributed by atoms with Gasteiger partial charge in [0.05, 0.1) is 32.8 Å². The lowest BCUT2D eigenvalue weighted by atomic mass is 10.2. The number of ether oxygens (including phenoxy) is 2. The number of nitrogens with one attached hydrogen (secondary N) is 2. The number of amides is 1. The predicted molar refractivity (Wildman–Crippen MR) is 150 cm³/mol. The summed E-state index contributed by atoms with van der Waals surface area (Å²) in [6.45, 7) is 10.5. The van der Waals surface area contributed by atoms with Gasteiger partial charge in [0.15, 0.2) is 17.0 Å². The standard InChI is InChI=1S/C27H37N9O3/c37-23-2-1-8-35(23)10-11-36-20-29-24-25(30-21-3-5-22(6-4-21)34-14-18-39-19-15-34)31-27(32-26(24)36)28-7-9-33-12-16-38-17-13-33/h3-6,20H,1-2,7-19H2,(H2,28,30,31,32). The number of anilines is 4. The molecule has 3 aliphatic heterocycles. The van der Waals surface area contributed by atoms with Crippen LogP contribution in [0.15, 0.2) is 30.6 Å². The number of likely N-dealkylation sites (tertiary alicyclic amines) is 1. The molecule has 1 amide bonds. The third kappa shape index (κ3) is 6.23. The number of nitrogens with zero attached hydrogens (tertiary/aromatic N) is 7. The van der Waals surface area contributed by atoms with E-state index < -0.39 is 0 Å². The van der Waals surface area contributed by atoms with Crippen LogP contribution in [-0.2, 0) is 20.8 Å². The summed E-state index contributed by atoms with van der Waals surface area (Å²) in [5.41, 5.74) is 3.57. The molecule has 1 aromatic carbocycles. The van der Waals surface area contributed by atoms with Crippen LogP contribution in [0.3, 0.4) is 0 Å². The van der Waals surface area contributed by atoms with Gasteiger partial charge in [0.2, 0.25) is 11.9 Å². The Balaban J connectivity index is 1.20. The molecule has 0 unspecified atom stereocenters. The molecular formula is C27H37N9O3. The summed E-state index contributed by atoms with van der Waals surface area (Å²) in [4.78, 5) is 33.1. The fourth-order valence-corrected chi connectivity index (χ4v) is 5.31. The first kappa shape index (κ1) is 25.8. The summed E-state index contributed by atoms with van der Waals surface area (Å²) in [6, 6.07) is 8.39. The van der Waals surface area contributed by atoms with Crippen molar-refractivity contribution in [1.29, 1.82) is 0 Å². The Morgan fingerprint density at radius 3 is 2.38 bits per heavy atom. The highest BCUT2D eigenvalue weighted by atomic mass is 16.5. The maximum Gasteiger partial charge on any atom is 0.226 e. The number of carbonyl (C=O) groups excluding carboxylic acids is 1. The van der Waals surface area contributed by atoms with Crippen molar-refractivity contribution in [3.63, 3.8) is 0 Å². The molecule has 2 N–H and O–H groups in total. The van der Waals surface area contributed by atoms with Crippen molar-refractivity contribution in [2.45, 2.75) is 19.4 Å².